The van der Waals surface area contributed by atoms with Crippen LogP contribution < -0.4 is 10.6 Å². The molecule has 66 valence electrons. The zero-order chi connectivity index (χ0) is 8.67. The van der Waals surface area contributed by atoms with Crippen molar-refractivity contribution in [3.63, 3.8) is 0 Å². The van der Waals surface area contributed by atoms with E-state index in [-0.39, 0.29) is 0 Å². The van der Waals surface area contributed by atoms with Gasteiger partial charge in [0.2, 0.25) is 0 Å². The van der Waals surface area contributed by atoms with Gasteiger partial charge in [-0.1, -0.05) is 0 Å². The van der Waals surface area contributed by atoms with Crippen molar-refractivity contribution in [3.05, 3.63) is 17.8 Å². The highest BCUT2D eigenvalue weighted by Crippen LogP contribution is 2.20. The molecular formula is C8H9N5. The monoisotopic (exact) mass is 175 g/mol. The fraction of sp³-hybridized carbons (Fsp3) is 0.375. The summed E-state index contributed by atoms with van der Waals surface area (Å²) >= 11 is 0. The minimum Gasteiger partial charge on any atom is -0.366 e. The van der Waals surface area contributed by atoms with E-state index in [1.54, 1.807) is 6.20 Å². The molecule has 0 saturated heterocycles. The summed E-state index contributed by atoms with van der Waals surface area (Å²) in [4.78, 5) is 4.40. The average molecular weight is 175 g/mol. The minimum absolute atomic E-state index is 0.344. The molecule has 0 aliphatic carbocycles. The van der Waals surface area contributed by atoms with Crippen LogP contribution in [0.4, 0.5) is 5.82 Å². The Kier molecular flexibility index (Phi) is 1.34. The molecule has 13 heavy (non-hydrogen) atoms. The van der Waals surface area contributed by atoms with Crippen molar-refractivity contribution in [1.29, 1.82) is 0 Å². The predicted molar refractivity (Wildman–Crippen MR) is 48.8 cm³/mol. The normalized spacial score (nSPS) is 24.3. The van der Waals surface area contributed by atoms with E-state index in [1.807, 2.05) is 6.07 Å². The lowest BCUT2D eigenvalue weighted by Gasteiger charge is -2.22. The lowest BCUT2D eigenvalue weighted by Crippen LogP contribution is -2.41. The molecule has 0 bridgehead atoms. The van der Waals surface area contributed by atoms with Crippen molar-refractivity contribution in [1.82, 2.24) is 15.5 Å². The fourth-order valence-corrected chi connectivity index (χ4v) is 1.76. The molecule has 3 rings (SSSR count). The van der Waals surface area contributed by atoms with Crippen LogP contribution >= 0.6 is 0 Å². The summed E-state index contributed by atoms with van der Waals surface area (Å²) in [6, 6.07) is 2.30. The highest BCUT2D eigenvalue weighted by molar-refractivity contribution is 6.10. The lowest BCUT2D eigenvalue weighted by molar-refractivity contribution is 0.692. The van der Waals surface area contributed by atoms with Gasteiger partial charge in [-0.05, 0) is 6.07 Å². The van der Waals surface area contributed by atoms with Gasteiger partial charge in [0.25, 0.3) is 0 Å². The number of nitrogens with zero attached hydrogens (tertiary/aromatic N) is 3. The molecule has 0 saturated carbocycles. The molecule has 2 aliphatic heterocycles. The van der Waals surface area contributed by atoms with E-state index in [1.165, 1.54) is 0 Å². The molecule has 5 heteroatoms. The first kappa shape index (κ1) is 6.97. The Morgan fingerprint density at radius 2 is 2.46 bits per heavy atom. The van der Waals surface area contributed by atoms with Crippen molar-refractivity contribution in [3.8, 4) is 0 Å². The number of hydrogen-bond acceptors (Lipinski definition) is 5. The SMILES string of the molecule is c1cc2c(nn1)NCC1NCN=C21. The topological polar surface area (TPSA) is 62.2 Å². The van der Waals surface area contributed by atoms with E-state index in [0.29, 0.717) is 12.7 Å². The van der Waals surface area contributed by atoms with Crippen LogP contribution in [0.2, 0.25) is 0 Å². The molecule has 1 aromatic rings. The van der Waals surface area contributed by atoms with E-state index in [4.69, 9.17) is 0 Å². The zero-order valence-electron chi connectivity index (χ0n) is 6.99. The van der Waals surface area contributed by atoms with Crippen molar-refractivity contribution in [2.45, 2.75) is 6.04 Å². The van der Waals surface area contributed by atoms with Crippen LogP contribution in [0.5, 0.6) is 0 Å². The summed E-state index contributed by atoms with van der Waals surface area (Å²) in [5, 5.41) is 14.3. The molecule has 2 N–H and O–H groups in total. The Balaban J connectivity index is 2.15. The van der Waals surface area contributed by atoms with Gasteiger partial charge < -0.3 is 5.32 Å². The Morgan fingerprint density at radius 3 is 3.46 bits per heavy atom. The van der Waals surface area contributed by atoms with Crippen molar-refractivity contribution < 1.29 is 0 Å². The summed E-state index contributed by atoms with van der Waals surface area (Å²) in [7, 11) is 0. The summed E-state index contributed by atoms with van der Waals surface area (Å²) in [5.41, 5.74) is 2.19. The van der Waals surface area contributed by atoms with Crippen LogP contribution in [0.15, 0.2) is 17.3 Å². The van der Waals surface area contributed by atoms with Crippen LogP contribution in [0.1, 0.15) is 5.56 Å². The molecule has 2 aliphatic rings. The second-order valence-electron chi connectivity index (χ2n) is 3.13. The van der Waals surface area contributed by atoms with Gasteiger partial charge in [-0.25, -0.2) is 0 Å². The largest absolute Gasteiger partial charge is 0.366 e. The zero-order valence-corrected chi connectivity index (χ0v) is 6.99. The van der Waals surface area contributed by atoms with Crippen molar-refractivity contribution in [2.75, 3.05) is 18.5 Å². The fourth-order valence-electron chi connectivity index (χ4n) is 1.76. The summed E-state index contributed by atoms with van der Waals surface area (Å²) < 4.78 is 0. The number of aromatic nitrogens is 2. The molecule has 5 nitrogen and oxygen atoms in total. The minimum atomic E-state index is 0.344. The highest BCUT2D eigenvalue weighted by Gasteiger charge is 2.28. The number of anilines is 1. The quantitative estimate of drug-likeness (QED) is 0.564. The van der Waals surface area contributed by atoms with Crippen molar-refractivity contribution in [2.24, 2.45) is 4.99 Å². The van der Waals surface area contributed by atoms with E-state index in [2.05, 4.69) is 25.8 Å². The summed E-state index contributed by atoms with van der Waals surface area (Å²) in [6.45, 7) is 1.56. The first-order valence-corrected chi connectivity index (χ1v) is 4.29. The number of rotatable bonds is 0. The molecule has 1 aromatic heterocycles. The van der Waals surface area contributed by atoms with Crippen LogP contribution in [0, 0.1) is 0 Å². The maximum absolute atomic E-state index is 4.40. The van der Waals surface area contributed by atoms with Gasteiger partial charge in [-0.3, -0.25) is 10.3 Å². The van der Waals surface area contributed by atoms with Gasteiger partial charge in [0.15, 0.2) is 5.82 Å². The summed E-state index contributed by atoms with van der Waals surface area (Å²) in [6.07, 6.45) is 1.70. The van der Waals surface area contributed by atoms with E-state index < -0.39 is 0 Å². The number of hydrogen-bond donors (Lipinski definition) is 2. The molecule has 1 unspecified atom stereocenters. The maximum Gasteiger partial charge on any atom is 0.157 e. The lowest BCUT2D eigenvalue weighted by atomic mass is 10.0. The third kappa shape index (κ3) is 0.936. The van der Waals surface area contributed by atoms with Gasteiger partial charge in [0.1, 0.15) is 0 Å². The predicted octanol–water partition coefficient (Wildman–Crippen LogP) is -0.380. The number of nitrogens with one attached hydrogen (secondary N) is 2. The third-order valence-electron chi connectivity index (χ3n) is 2.39. The van der Waals surface area contributed by atoms with Gasteiger partial charge in [0.05, 0.1) is 24.6 Å². The van der Waals surface area contributed by atoms with Crippen molar-refractivity contribution >= 4 is 11.5 Å². The molecule has 0 fully saturated rings. The van der Waals surface area contributed by atoms with Crippen LogP contribution in [0.3, 0.4) is 0 Å². The molecule has 0 radical (unpaired) electrons. The molecule has 0 spiro atoms. The van der Waals surface area contributed by atoms with Gasteiger partial charge in [-0.15, -0.1) is 5.10 Å². The number of aliphatic imine (C=N–C) groups is 1. The molecular weight excluding hydrogens is 166 g/mol. The van der Waals surface area contributed by atoms with Gasteiger partial charge in [-0.2, -0.15) is 5.10 Å². The Hall–Kier alpha value is -1.49. The van der Waals surface area contributed by atoms with Gasteiger partial charge >= 0.3 is 0 Å². The molecule has 1 atom stereocenters. The summed E-state index contributed by atoms with van der Waals surface area (Å²) in [5.74, 6) is 0.848. The highest BCUT2D eigenvalue weighted by atomic mass is 15.2. The standard InChI is InChI=1S/C8H9N5/c1-2-12-13-8-5(1)7-6(3-9-8)10-4-11-7/h1-2,6,10H,3-4H2,(H,9,13). The van der Waals surface area contributed by atoms with E-state index in [0.717, 1.165) is 23.6 Å². The van der Waals surface area contributed by atoms with Crippen LogP contribution in [-0.4, -0.2) is 35.2 Å². The number of fused-ring (bicyclic) bond motifs is 3. The first-order valence-electron chi connectivity index (χ1n) is 4.29. The van der Waals surface area contributed by atoms with Crippen LogP contribution in [0.25, 0.3) is 0 Å². The maximum atomic E-state index is 4.40. The molecule has 3 heterocycles. The second kappa shape index (κ2) is 2.50. The van der Waals surface area contributed by atoms with Crippen LogP contribution in [-0.2, 0) is 0 Å². The Morgan fingerprint density at radius 1 is 1.46 bits per heavy atom. The Bertz CT molecular complexity index is 373. The Labute approximate surface area is 75.3 Å². The third-order valence-corrected chi connectivity index (χ3v) is 2.39. The average Bonchev–Trinajstić information content (AvgIpc) is 2.65. The van der Waals surface area contributed by atoms with E-state index in [9.17, 15) is 0 Å². The van der Waals surface area contributed by atoms with E-state index >= 15 is 0 Å². The smallest absolute Gasteiger partial charge is 0.157 e. The second-order valence-corrected chi connectivity index (χ2v) is 3.13. The molecule has 0 amide bonds. The van der Waals surface area contributed by atoms with Gasteiger partial charge in [0, 0.05) is 12.1 Å². The molecule has 0 aromatic carbocycles. The first-order chi connectivity index (χ1) is 6.45.